The van der Waals surface area contributed by atoms with E-state index in [0.717, 1.165) is 11.1 Å². The monoisotopic (exact) mass is 353 g/mol. The van der Waals surface area contributed by atoms with Gasteiger partial charge in [-0.15, -0.1) is 0 Å². The molecule has 0 aliphatic heterocycles. The average molecular weight is 353 g/mol. The van der Waals surface area contributed by atoms with Crippen molar-refractivity contribution in [2.75, 3.05) is 19.5 Å². The van der Waals surface area contributed by atoms with E-state index in [2.05, 4.69) is 14.8 Å². The van der Waals surface area contributed by atoms with Gasteiger partial charge in [-0.1, -0.05) is 24.3 Å². The summed E-state index contributed by atoms with van der Waals surface area (Å²) in [5.74, 6) is -1.64. The van der Waals surface area contributed by atoms with E-state index in [1.807, 2.05) is 31.2 Å². The highest BCUT2D eigenvalue weighted by atomic mass is 16.5. The lowest BCUT2D eigenvalue weighted by Gasteiger charge is -2.08. The normalized spacial score (nSPS) is 10.4. The molecule has 0 aromatic heterocycles. The SMILES string of the molecule is COC(=O)c1cc(NC(=O)/C=C/c2ccccc2C)cc(C(=O)OC)c1. The summed E-state index contributed by atoms with van der Waals surface area (Å²) in [5, 5.41) is 2.63. The summed E-state index contributed by atoms with van der Waals surface area (Å²) in [6.45, 7) is 1.94. The number of ether oxygens (including phenoxy) is 2. The highest BCUT2D eigenvalue weighted by molar-refractivity contribution is 6.04. The van der Waals surface area contributed by atoms with E-state index in [1.54, 1.807) is 6.08 Å². The minimum Gasteiger partial charge on any atom is -0.465 e. The molecule has 1 N–H and O–H groups in total. The fraction of sp³-hybridized carbons (Fsp3) is 0.150. The number of benzene rings is 2. The van der Waals surface area contributed by atoms with Crippen molar-refractivity contribution < 1.29 is 23.9 Å². The highest BCUT2D eigenvalue weighted by Crippen LogP contribution is 2.17. The predicted octanol–water partition coefficient (Wildman–Crippen LogP) is 3.22. The smallest absolute Gasteiger partial charge is 0.337 e. The number of carbonyl (C=O) groups is 3. The predicted molar refractivity (Wildman–Crippen MR) is 98.0 cm³/mol. The van der Waals surface area contributed by atoms with E-state index in [4.69, 9.17) is 0 Å². The zero-order valence-electron chi connectivity index (χ0n) is 14.7. The van der Waals surface area contributed by atoms with Crippen molar-refractivity contribution in [2.45, 2.75) is 6.92 Å². The Labute approximate surface area is 151 Å². The maximum atomic E-state index is 12.2. The van der Waals surface area contributed by atoms with Crippen LogP contribution < -0.4 is 5.32 Å². The molecule has 134 valence electrons. The van der Waals surface area contributed by atoms with Crippen LogP contribution >= 0.6 is 0 Å². The van der Waals surface area contributed by atoms with Gasteiger partial charge in [0.15, 0.2) is 0 Å². The third-order valence-electron chi connectivity index (χ3n) is 3.65. The zero-order valence-corrected chi connectivity index (χ0v) is 14.7. The van der Waals surface area contributed by atoms with Gasteiger partial charge in [0.25, 0.3) is 0 Å². The number of hydrogen-bond donors (Lipinski definition) is 1. The molecule has 0 saturated heterocycles. The number of nitrogens with one attached hydrogen (secondary N) is 1. The van der Waals surface area contributed by atoms with Crippen LogP contribution in [0.2, 0.25) is 0 Å². The van der Waals surface area contributed by atoms with Crippen molar-refractivity contribution in [3.63, 3.8) is 0 Å². The number of anilines is 1. The first-order chi connectivity index (χ1) is 12.4. The van der Waals surface area contributed by atoms with Crippen LogP contribution in [-0.2, 0) is 14.3 Å². The van der Waals surface area contributed by atoms with Crippen LogP contribution in [0.25, 0.3) is 6.08 Å². The fourth-order valence-electron chi connectivity index (χ4n) is 2.29. The van der Waals surface area contributed by atoms with Gasteiger partial charge in [0.2, 0.25) is 5.91 Å². The molecular weight excluding hydrogens is 334 g/mol. The van der Waals surface area contributed by atoms with Crippen LogP contribution in [0.5, 0.6) is 0 Å². The Morgan fingerprint density at radius 2 is 1.50 bits per heavy atom. The van der Waals surface area contributed by atoms with Crippen LogP contribution in [0.1, 0.15) is 31.8 Å². The molecule has 0 fully saturated rings. The molecule has 6 heteroatoms. The van der Waals surface area contributed by atoms with E-state index in [-0.39, 0.29) is 16.8 Å². The summed E-state index contributed by atoms with van der Waals surface area (Å²) in [6, 6.07) is 11.8. The van der Waals surface area contributed by atoms with Crippen molar-refractivity contribution in [2.24, 2.45) is 0 Å². The van der Waals surface area contributed by atoms with Crippen LogP contribution in [0.3, 0.4) is 0 Å². The molecule has 0 atom stereocenters. The molecule has 6 nitrogen and oxygen atoms in total. The maximum absolute atomic E-state index is 12.2. The Kier molecular flexibility index (Phi) is 6.27. The van der Waals surface area contributed by atoms with Gasteiger partial charge in [-0.2, -0.15) is 0 Å². The van der Waals surface area contributed by atoms with Gasteiger partial charge < -0.3 is 14.8 Å². The molecule has 1 amide bonds. The van der Waals surface area contributed by atoms with Crippen molar-refractivity contribution in [3.8, 4) is 0 Å². The summed E-state index contributed by atoms with van der Waals surface area (Å²) in [6.07, 6.45) is 3.07. The van der Waals surface area contributed by atoms with E-state index in [1.165, 1.54) is 38.5 Å². The first kappa shape index (κ1) is 18.9. The Bertz CT molecular complexity index is 836. The summed E-state index contributed by atoms with van der Waals surface area (Å²) in [5.41, 5.74) is 2.51. The second kappa shape index (κ2) is 8.62. The third-order valence-corrected chi connectivity index (χ3v) is 3.65. The Balaban J connectivity index is 2.24. The molecule has 0 bridgehead atoms. The van der Waals surface area contributed by atoms with E-state index in [9.17, 15) is 14.4 Å². The minimum absolute atomic E-state index is 0.133. The van der Waals surface area contributed by atoms with Crippen LogP contribution in [0, 0.1) is 6.92 Å². The third kappa shape index (κ3) is 4.80. The van der Waals surface area contributed by atoms with Crippen molar-refractivity contribution >= 4 is 29.6 Å². The first-order valence-electron chi connectivity index (χ1n) is 7.81. The van der Waals surface area contributed by atoms with Crippen LogP contribution in [0.15, 0.2) is 48.5 Å². The Morgan fingerprint density at radius 3 is 2.04 bits per heavy atom. The quantitative estimate of drug-likeness (QED) is 0.659. The molecule has 0 heterocycles. The van der Waals surface area contributed by atoms with Crippen molar-refractivity contribution in [3.05, 3.63) is 70.8 Å². The second-order valence-corrected chi connectivity index (χ2v) is 5.46. The van der Waals surface area contributed by atoms with E-state index < -0.39 is 17.8 Å². The van der Waals surface area contributed by atoms with E-state index >= 15 is 0 Å². The summed E-state index contributed by atoms with van der Waals surface area (Å²) < 4.78 is 9.33. The van der Waals surface area contributed by atoms with Gasteiger partial charge in [-0.05, 0) is 42.3 Å². The van der Waals surface area contributed by atoms with Crippen LogP contribution in [-0.4, -0.2) is 32.1 Å². The summed E-state index contributed by atoms with van der Waals surface area (Å²) in [4.78, 5) is 35.7. The van der Waals surface area contributed by atoms with Gasteiger partial charge in [0.05, 0.1) is 25.3 Å². The van der Waals surface area contributed by atoms with Crippen LogP contribution in [0.4, 0.5) is 5.69 Å². The van der Waals surface area contributed by atoms with Crippen molar-refractivity contribution in [1.29, 1.82) is 0 Å². The van der Waals surface area contributed by atoms with Gasteiger partial charge in [-0.3, -0.25) is 4.79 Å². The molecule has 0 saturated carbocycles. The summed E-state index contributed by atoms with van der Waals surface area (Å²) in [7, 11) is 2.46. The van der Waals surface area contributed by atoms with Gasteiger partial charge in [0.1, 0.15) is 0 Å². The lowest BCUT2D eigenvalue weighted by molar-refractivity contribution is -0.111. The number of rotatable bonds is 5. The summed E-state index contributed by atoms with van der Waals surface area (Å²) >= 11 is 0. The van der Waals surface area contributed by atoms with Crippen molar-refractivity contribution in [1.82, 2.24) is 0 Å². The molecule has 0 unspecified atom stereocenters. The van der Waals surface area contributed by atoms with Gasteiger partial charge in [0, 0.05) is 11.8 Å². The molecule has 0 radical (unpaired) electrons. The van der Waals surface area contributed by atoms with Gasteiger partial charge in [-0.25, -0.2) is 9.59 Å². The molecule has 2 aromatic rings. The number of esters is 2. The molecule has 0 spiro atoms. The lowest BCUT2D eigenvalue weighted by atomic mass is 10.1. The highest BCUT2D eigenvalue weighted by Gasteiger charge is 2.14. The molecule has 2 rings (SSSR count). The fourth-order valence-corrected chi connectivity index (χ4v) is 2.29. The number of hydrogen-bond acceptors (Lipinski definition) is 5. The molecule has 26 heavy (non-hydrogen) atoms. The number of carbonyl (C=O) groups excluding carboxylic acids is 3. The standard InChI is InChI=1S/C20H19NO5/c1-13-6-4-5-7-14(13)8-9-18(22)21-17-11-15(19(23)25-2)10-16(12-17)20(24)26-3/h4-12H,1-3H3,(H,21,22)/b9-8+. The Hall–Kier alpha value is -3.41. The largest absolute Gasteiger partial charge is 0.465 e. The average Bonchev–Trinajstić information content (AvgIpc) is 2.65. The Morgan fingerprint density at radius 1 is 0.923 bits per heavy atom. The first-order valence-corrected chi connectivity index (χ1v) is 7.81. The zero-order chi connectivity index (χ0) is 19.1. The molecule has 2 aromatic carbocycles. The van der Waals surface area contributed by atoms with E-state index in [0.29, 0.717) is 0 Å². The van der Waals surface area contributed by atoms with Gasteiger partial charge >= 0.3 is 11.9 Å². The minimum atomic E-state index is -0.623. The number of methoxy groups -OCH3 is 2. The topological polar surface area (TPSA) is 81.7 Å². The molecule has 0 aliphatic rings. The maximum Gasteiger partial charge on any atom is 0.337 e. The lowest BCUT2D eigenvalue weighted by Crippen LogP contribution is -2.12. The molecule has 0 aliphatic carbocycles. The number of amides is 1. The second-order valence-electron chi connectivity index (χ2n) is 5.46. The number of aryl methyl sites for hydroxylation is 1. The molecular formula is C20H19NO5.